The monoisotopic (exact) mass is 538 g/mol. The first-order valence-corrected chi connectivity index (χ1v) is 11.5. The highest BCUT2D eigenvalue weighted by Crippen LogP contribution is 2.37. The molecule has 0 unspecified atom stereocenters. The first-order chi connectivity index (χ1) is 17.0. The molecule has 180 valence electrons. The molecule has 0 bridgehead atoms. The van der Waals surface area contributed by atoms with Gasteiger partial charge in [-0.1, -0.05) is 24.3 Å². The Hall–Kier alpha value is -3.98. The maximum Gasteiger partial charge on any atom is 0.282 e. The van der Waals surface area contributed by atoms with Gasteiger partial charge in [0.05, 0.1) is 24.4 Å². The summed E-state index contributed by atoms with van der Waals surface area (Å²) in [5.41, 5.74) is 3.78. The molecule has 35 heavy (non-hydrogen) atoms. The number of methoxy groups -OCH3 is 2. The normalized spacial score (nSPS) is 14.1. The van der Waals surface area contributed by atoms with Gasteiger partial charge in [-0.3, -0.25) is 15.0 Å². The van der Waals surface area contributed by atoms with Crippen LogP contribution in [0.15, 0.2) is 76.8 Å². The summed E-state index contributed by atoms with van der Waals surface area (Å²) >= 11 is 3.50. The molecular formula is C26H23BrN2O6. The molecule has 0 aromatic heterocycles. The Kier molecular flexibility index (Phi) is 7.57. The van der Waals surface area contributed by atoms with E-state index in [1.807, 2.05) is 24.3 Å². The molecule has 0 radical (unpaired) electrons. The summed E-state index contributed by atoms with van der Waals surface area (Å²) in [5, 5.41) is 1.22. The molecule has 8 nitrogen and oxygen atoms in total. The van der Waals surface area contributed by atoms with Crippen molar-refractivity contribution in [3.8, 4) is 23.0 Å². The van der Waals surface area contributed by atoms with Crippen LogP contribution in [-0.4, -0.2) is 39.2 Å². The molecule has 2 amide bonds. The van der Waals surface area contributed by atoms with Gasteiger partial charge in [0.15, 0.2) is 11.5 Å². The van der Waals surface area contributed by atoms with Gasteiger partial charge in [-0.25, -0.2) is 5.01 Å². The summed E-state index contributed by atoms with van der Waals surface area (Å²) in [6.07, 6.45) is 1.52. The fourth-order valence-corrected chi connectivity index (χ4v) is 4.01. The lowest BCUT2D eigenvalue weighted by Gasteiger charge is -2.14. The van der Waals surface area contributed by atoms with Crippen LogP contribution in [0.4, 0.5) is 5.69 Å². The first kappa shape index (κ1) is 24.2. The number of carbonyl (C=O) groups excluding carboxylic acids is 2. The Bertz CT molecular complexity index is 1260. The van der Waals surface area contributed by atoms with Gasteiger partial charge < -0.3 is 18.9 Å². The minimum atomic E-state index is -0.482. The first-order valence-electron chi connectivity index (χ1n) is 10.7. The van der Waals surface area contributed by atoms with Crippen LogP contribution in [0.2, 0.25) is 0 Å². The van der Waals surface area contributed by atoms with E-state index in [9.17, 15) is 9.59 Å². The minimum absolute atomic E-state index is 0.0168. The van der Waals surface area contributed by atoms with E-state index < -0.39 is 11.8 Å². The van der Waals surface area contributed by atoms with Crippen molar-refractivity contribution in [2.75, 3.05) is 32.4 Å². The van der Waals surface area contributed by atoms with Gasteiger partial charge in [0.25, 0.3) is 11.8 Å². The Morgan fingerprint density at radius 1 is 0.886 bits per heavy atom. The zero-order valence-electron chi connectivity index (χ0n) is 19.1. The standard InChI is InChI=1S/C26H23BrN2O6/c1-32-19-9-6-10-20(16-19)34-11-12-35-24-22(27)14-17(15-23(24)33-2)13-21-25(30)28-29(26(21)31)18-7-4-3-5-8-18/h3-10,13-16H,11-12H2,1-2H3,(H,28,30)/b21-13+. The fraction of sp³-hybridized carbons (Fsp3) is 0.154. The van der Waals surface area contributed by atoms with E-state index in [4.69, 9.17) is 18.9 Å². The predicted octanol–water partition coefficient (Wildman–Crippen LogP) is 4.39. The Labute approximate surface area is 211 Å². The molecule has 0 saturated carbocycles. The second-order valence-electron chi connectivity index (χ2n) is 7.39. The van der Waals surface area contributed by atoms with E-state index in [1.165, 1.54) is 18.2 Å². The molecule has 3 aromatic rings. The summed E-state index contributed by atoms with van der Waals surface area (Å²) in [4.78, 5) is 25.3. The van der Waals surface area contributed by atoms with Crippen LogP contribution < -0.4 is 29.4 Å². The Morgan fingerprint density at radius 3 is 2.37 bits per heavy atom. The Morgan fingerprint density at radius 2 is 1.63 bits per heavy atom. The number of hydrogen-bond donors (Lipinski definition) is 1. The summed E-state index contributed by atoms with van der Waals surface area (Å²) in [6, 6.07) is 19.6. The number of hydrogen-bond acceptors (Lipinski definition) is 6. The summed E-state index contributed by atoms with van der Waals surface area (Å²) in [6.45, 7) is 0.568. The molecule has 1 fully saturated rings. The smallest absolute Gasteiger partial charge is 0.282 e. The van der Waals surface area contributed by atoms with Crippen molar-refractivity contribution in [1.82, 2.24) is 5.43 Å². The third-order valence-corrected chi connectivity index (χ3v) is 5.70. The van der Waals surface area contributed by atoms with Gasteiger partial charge in [0, 0.05) is 6.07 Å². The third kappa shape index (κ3) is 5.58. The molecule has 1 saturated heterocycles. The third-order valence-electron chi connectivity index (χ3n) is 5.11. The number of carbonyl (C=O) groups is 2. The fourth-order valence-electron chi connectivity index (χ4n) is 3.44. The number of benzene rings is 3. The van der Waals surface area contributed by atoms with Crippen molar-refractivity contribution in [2.45, 2.75) is 0 Å². The highest BCUT2D eigenvalue weighted by molar-refractivity contribution is 9.10. The maximum absolute atomic E-state index is 12.8. The second kappa shape index (κ2) is 11.0. The molecule has 0 aliphatic carbocycles. The average molecular weight is 539 g/mol. The number of nitrogens with zero attached hydrogens (tertiary/aromatic N) is 1. The summed E-state index contributed by atoms with van der Waals surface area (Å²) in [7, 11) is 3.11. The molecule has 1 aliphatic heterocycles. The van der Waals surface area contributed by atoms with Crippen molar-refractivity contribution in [1.29, 1.82) is 0 Å². The summed E-state index contributed by atoms with van der Waals surface area (Å²) in [5.74, 6) is 1.38. The van der Waals surface area contributed by atoms with E-state index in [1.54, 1.807) is 49.6 Å². The largest absolute Gasteiger partial charge is 0.497 e. The van der Waals surface area contributed by atoms with Gasteiger partial charge >= 0.3 is 0 Å². The van der Waals surface area contributed by atoms with Gasteiger partial charge in [0.1, 0.15) is 30.3 Å². The molecule has 0 atom stereocenters. The van der Waals surface area contributed by atoms with Crippen molar-refractivity contribution in [2.24, 2.45) is 0 Å². The van der Waals surface area contributed by atoms with Gasteiger partial charge in [-0.2, -0.15) is 0 Å². The van der Waals surface area contributed by atoms with Crippen LogP contribution in [0.5, 0.6) is 23.0 Å². The van der Waals surface area contributed by atoms with Gasteiger partial charge in [-0.05, 0) is 64.0 Å². The number of nitrogens with one attached hydrogen (secondary N) is 1. The molecule has 3 aromatic carbocycles. The van der Waals surface area contributed by atoms with Crippen LogP contribution in [0.1, 0.15) is 5.56 Å². The zero-order chi connectivity index (χ0) is 24.8. The lowest BCUT2D eigenvalue weighted by Crippen LogP contribution is -2.35. The number of amides is 2. The lowest BCUT2D eigenvalue weighted by molar-refractivity contribution is -0.117. The number of rotatable bonds is 9. The molecule has 4 rings (SSSR count). The van der Waals surface area contributed by atoms with Crippen molar-refractivity contribution >= 4 is 39.5 Å². The number of anilines is 1. The number of hydrazine groups is 1. The predicted molar refractivity (Wildman–Crippen MR) is 135 cm³/mol. The lowest BCUT2D eigenvalue weighted by atomic mass is 10.1. The molecule has 0 spiro atoms. The van der Waals surface area contributed by atoms with Crippen LogP contribution in [0, 0.1) is 0 Å². The average Bonchev–Trinajstić information content (AvgIpc) is 3.16. The molecular weight excluding hydrogens is 516 g/mol. The second-order valence-corrected chi connectivity index (χ2v) is 8.24. The van der Waals surface area contributed by atoms with Crippen LogP contribution in [0.3, 0.4) is 0 Å². The van der Waals surface area contributed by atoms with Gasteiger partial charge in [-0.15, -0.1) is 0 Å². The zero-order valence-corrected chi connectivity index (χ0v) is 20.7. The van der Waals surface area contributed by atoms with E-state index in [0.717, 1.165) is 0 Å². The van der Waals surface area contributed by atoms with Crippen molar-refractivity contribution < 1.29 is 28.5 Å². The SMILES string of the molecule is COc1cccc(OCCOc2c(Br)cc(/C=C3\C(=O)NN(c4ccccc4)C3=O)cc2OC)c1. The van der Waals surface area contributed by atoms with Crippen LogP contribution in [-0.2, 0) is 9.59 Å². The minimum Gasteiger partial charge on any atom is -0.497 e. The maximum atomic E-state index is 12.8. The number of halogens is 1. The van der Waals surface area contributed by atoms with Crippen LogP contribution in [0.25, 0.3) is 6.08 Å². The number of ether oxygens (including phenoxy) is 4. The van der Waals surface area contributed by atoms with Crippen molar-refractivity contribution in [3.05, 3.63) is 82.3 Å². The quantitative estimate of drug-likeness (QED) is 0.247. The van der Waals surface area contributed by atoms with Gasteiger partial charge in [0.2, 0.25) is 0 Å². The highest BCUT2D eigenvalue weighted by Gasteiger charge is 2.34. The molecule has 1 N–H and O–H groups in total. The van der Waals surface area contributed by atoms with E-state index >= 15 is 0 Å². The Balaban J connectivity index is 1.46. The van der Waals surface area contributed by atoms with Crippen molar-refractivity contribution in [3.63, 3.8) is 0 Å². The van der Waals surface area contributed by atoms with E-state index in [2.05, 4.69) is 21.4 Å². The highest BCUT2D eigenvalue weighted by atomic mass is 79.9. The van der Waals surface area contributed by atoms with E-state index in [0.29, 0.717) is 45.3 Å². The van der Waals surface area contributed by atoms with E-state index in [-0.39, 0.29) is 12.2 Å². The number of para-hydroxylation sites is 1. The molecule has 1 aliphatic rings. The topological polar surface area (TPSA) is 86.3 Å². The van der Waals surface area contributed by atoms with Crippen LogP contribution >= 0.6 is 15.9 Å². The molecule has 9 heteroatoms. The summed E-state index contributed by atoms with van der Waals surface area (Å²) < 4.78 is 22.9. The molecule has 1 heterocycles.